The molecule has 0 saturated heterocycles. The van der Waals surface area contributed by atoms with Gasteiger partial charge >= 0.3 is 6.01 Å². The summed E-state index contributed by atoms with van der Waals surface area (Å²) in [6, 6.07) is 0.241. The predicted octanol–water partition coefficient (Wildman–Crippen LogP) is 0.377. The van der Waals surface area contributed by atoms with Crippen molar-refractivity contribution in [3.05, 3.63) is 6.39 Å². The number of hydrogen-bond acceptors (Lipinski definition) is 5. The summed E-state index contributed by atoms with van der Waals surface area (Å²) >= 11 is 0. The van der Waals surface area contributed by atoms with Gasteiger partial charge in [0.15, 0.2) is 6.19 Å². The molecule has 1 rings (SSSR count). The van der Waals surface area contributed by atoms with Crippen LogP contribution in [0.25, 0.3) is 0 Å². The lowest BCUT2D eigenvalue weighted by Crippen LogP contribution is -2.15. The Morgan fingerprint density at radius 2 is 2.70 bits per heavy atom. The summed E-state index contributed by atoms with van der Waals surface area (Å²) in [5.74, 6) is 0. The average molecular weight is 138 g/mol. The van der Waals surface area contributed by atoms with Crippen molar-refractivity contribution in [2.24, 2.45) is 0 Å². The molecule has 0 aliphatic rings. The lowest BCUT2D eigenvalue weighted by atomic mass is 10.6. The molecule has 0 radical (unpaired) electrons. The van der Waals surface area contributed by atoms with Gasteiger partial charge in [-0.25, -0.2) is 4.90 Å². The molecule has 0 fully saturated rings. The first-order chi connectivity index (χ1) is 4.88. The van der Waals surface area contributed by atoms with E-state index in [1.807, 2.05) is 13.1 Å². The number of rotatable bonds is 2. The molecule has 0 atom stereocenters. The average Bonchev–Trinajstić information content (AvgIpc) is 2.43. The van der Waals surface area contributed by atoms with E-state index in [-0.39, 0.29) is 6.01 Å². The lowest BCUT2D eigenvalue weighted by molar-refractivity contribution is 0.551. The first-order valence-corrected chi connectivity index (χ1v) is 2.82. The molecule has 52 valence electrons. The van der Waals surface area contributed by atoms with Gasteiger partial charge in [0.05, 0.1) is 0 Å². The maximum atomic E-state index is 8.45. The topological polar surface area (TPSA) is 66.0 Å². The second-order valence-electron chi connectivity index (χ2n) is 1.57. The van der Waals surface area contributed by atoms with Crippen molar-refractivity contribution in [2.75, 3.05) is 11.4 Å². The fourth-order valence-electron chi connectivity index (χ4n) is 0.534. The van der Waals surface area contributed by atoms with Crippen LogP contribution in [0.3, 0.4) is 0 Å². The second kappa shape index (κ2) is 2.82. The van der Waals surface area contributed by atoms with E-state index < -0.39 is 0 Å². The Labute approximate surface area is 57.9 Å². The lowest BCUT2D eigenvalue weighted by Gasteiger charge is -2.03. The Morgan fingerprint density at radius 1 is 1.90 bits per heavy atom. The largest absolute Gasteiger partial charge is 0.410 e. The molecule has 1 heterocycles. The maximum absolute atomic E-state index is 8.45. The van der Waals surface area contributed by atoms with Crippen LogP contribution in [0.5, 0.6) is 0 Å². The third-order valence-corrected chi connectivity index (χ3v) is 1.02. The van der Waals surface area contributed by atoms with Crippen LogP contribution in [0.1, 0.15) is 6.92 Å². The van der Waals surface area contributed by atoms with Gasteiger partial charge < -0.3 is 4.42 Å². The Balaban J connectivity index is 2.76. The number of aromatic nitrogens is 2. The molecule has 0 aliphatic carbocycles. The summed E-state index contributed by atoms with van der Waals surface area (Å²) in [5.41, 5.74) is 0. The summed E-state index contributed by atoms with van der Waals surface area (Å²) in [5, 5.41) is 15.4. The molecule has 0 amide bonds. The Hall–Kier alpha value is -1.57. The normalized spacial score (nSPS) is 8.80. The van der Waals surface area contributed by atoms with Crippen LogP contribution in [0, 0.1) is 11.5 Å². The minimum atomic E-state index is 0.241. The van der Waals surface area contributed by atoms with E-state index in [2.05, 4.69) is 10.2 Å². The molecule has 0 saturated carbocycles. The first-order valence-electron chi connectivity index (χ1n) is 2.82. The van der Waals surface area contributed by atoms with Crippen molar-refractivity contribution in [2.45, 2.75) is 6.92 Å². The van der Waals surface area contributed by atoms with Crippen molar-refractivity contribution in [3.63, 3.8) is 0 Å². The molecular formula is C5H6N4O. The third-order valence-electron chi connectivity index (χ3n) is 1.02. The molecular weight excluding hydrogens is 132 g/mol. The summed E-state index contributed by atoms with van der Waals surface area (Å²) in [6.45, 7) is 2.37. The van der Waals surface area contributed by atoms with Gasteiger partial charge in [-0.2, -0.15) is 5.26 Å². The Kier molecular flexibility index (Phi) is 1.85. The van der Waals surface area contributed by atoms with Crippen LogP contribution in [-0.2, 0) is 0 Å². The number of anilines is 1. The van der Waals surface area contributed by atoms with Gasteiger partial charge in [-0.1, -0.05) is 5.10 Å². The molecule has 0 unspecified atom stereocenters. The predicted molar refractivity (Wildman–Crippen MR) is 32.9 cm³/mol. The van der Waals surface area contributed by atoms with E-state index in [0.717, 1.165) is 0 Å². The summed E-state index contributed by atoms with van der Waals surface area (Å²) in [6.07, 6.45) is 3.08. The van der Waals surface area contributed by atoms with Gasteiger partial charge in [0.25, 0.3) is 0 Å². The van der Waals surface area contributed by atoms with Crippen molar-refractivity contribution < 1.29 is 4.42 Å². The van der Waals surface area contributed by atoms with E-state index in [1.165, 1.54) is 11.3 Å². The molecule has 0 N–H and O–H groups in total. The third kappa shape index (κ3) is 1.05. The van der Waals surface area contributed by atoms with Crippen molar-refractivity contribution in [1.82, 2.24) is 10.2 Å². The van der Waals surface area contributed by atoms with E-state index >= 15 is 0 Å². The van der Waals surface area contributed by atoms with Crippen LogP contribution in [-0.4, -0.2) is 16.7 Å². The molecule has 1 aromatic rings. The Bertz CT molecular complexity index is 224. The van der Waals surface area contributed by atoms with Gasteiger partial charge in [-0.15, -0.1) is 5.10 Å². The van der Waals surface area contributed by atoms with Gasteiger partial charge in [0.2, 0.25) is 6.39 Å². The minimum Gasteiger partial charge on any atom is -0.410 e. The minimum absolute atomic E-state index is 0.241. The first kappa shape index (κ1) is 6.55. The molecule has 5 heteroatoms. The molecule has 0 bridgehead atoms. The second-order valence-corrected chi connectivity index (χ2v) is 1.57. The van der Waals surface area contributed by atoms with Crippen molar-refractivity contribution in [1.29, 1.82) is 5.26 Å². The zero-order valence-corrected chi connectivity index (χ0v) is 5.48. The number of nitriles is 1. The summed E-state index contributed by atoms with van der Waals surface area (Å²) in [7, 11) is 0. The Morgan fingerprint density at radius 3 is 3.10 bits per heavy atom. The molecule has 1 aromatic heterocycles. The van der Waals surface area contributed by atoms with Crippen molar-refractivity contribution in [3.8, 4) is 6.19 Å². The molecule has 0 aliphatic heterocycles. The highest BCUT2D eigenvalue weighted by molar-refractivity contribution is 5.29. The van der Waals surface area contributed by atoms with E-state index in [9.17, 15) is 0 Å². The SMILES string of the molecule is CCN(C#N)c1nnco1. The highest BCUT2D eigenvalue weighted by Crippen LogP contribution is 2.05. The fourth-order valence-corrected chi connectivity index (χ4v) is 0.534. The maximum Gasteiger partial charge on any atom is 0.331 e. The van der Waals surface area contributed by atoms with Crippen molar-refractivity contribution >= 4 is 6.01 Å². The van der Waals surface area contributed by atoms with Gasteiger partial charge in [0, 0.05) is 6.54 Å². The number of hydrogen-bond donors (Lipinski definition) is 0. The van der Waals surface area contributed by atoms with Crippen LogP contribution in [0.2, 0.25) is 0 Å². The molecule has 5 nitrogen and oxygen atoms in total. The molecule has 0 aromatic carbocycles. The zero-order chi connectivity index (χ0) is 7.40. The van der Waals surface area contributed by atoms with Gasteiger partial charge in [-0.05, 0) is 6.92 Å². The van der Waals surface area contributed by atoms with Crippen LogP contribution >= 0.6 is 0 Å². The van der Waals surface area contributed by atoms with E-state index in [1.54, 1.807) is 0 Å². The zero-order valence-electron chi connectivity index (χ0n) is 5.48. The van der Waals surface area contributed by atoms with Crippen LogP contribution < -0.4 is 4.90 Å². The molecule has 0 spiro atoms. The van der Waals surface area contributed by atoms with E-state index in [4.69, 9.17) is 9.68 Å². The number of nitrogens with zero attached hydrogens (tertiary/aromatic N) is 4. The van der Waals surface area contributed by atoms with E-state index in [0.29, 0.717) is 6.54 Å². The quantitative estimate of drug-likeness (QED) is 0.436. The monoisotopic (exact) mass is 138 g/mol. The standard InChI is InChI=1S/C5H6N4O/c1-2-9(3-6)5-8-7-4-10-5/h4H,2H2,1H3. The van der Waals surface area contributed by atoms with Gasteiger partial charge in [0.1, 0.15) is 0 Å². The summed E-state index contributed by atoms with van der Waals surface area (Å²) in [4.78, 5) is 1.30. The van der Waals surface area contributed by atoms with Gasteiger partial charge in [-0.3, -0.25) is 0 Å². The summed E-state index contributed by atoms with van der Waals surface area (Å²) < 4.78 is 4.76. The molecule has 10 heavy (non-hydrogen) atoms. The fraction of sp³-hybridized carbons (Fsp3) is 0.400. The highest BCUT2D eigenvalue weighted by atomic mass is 16.4. The highest BCUT2D eigenvalue weighted by Gasteiger charge is 2.06. The van der Waals surface area contributed by atoms with Crippen LogP contribution in [0.4, 0.5) is 6.01 Å². The van der Waals surface area contributed by atoms with Crippen LogP contribution in [0.15, 0.2) is 10.8 Å². The smallest absolute Gasteiger partial charge is 0.331 e.